The molecule has 0 bridgehead atoms. The van der Waals surface area contributed by atoms with E-state index in [0.717, 1.165) is 19.3 Å². The summed E-state index contributed by atoms with van der Waals surface area (Å²) in [6, 6.07) is -0.492. The number of nitrogens with two attached hydrogens (primary N) is 1. The van der Waals surface area contributed by atoms with Crippen molar-refractivity contribution in [3.63, 3.8) is 0 Å². The number of aliphatic hydroxyl groups excluding tert-OH is 1. The van der Waals surface area contributed by atoms with Gasteiger partial charge in [0.1, 0.15) is 0 Å². The maximum absolute atomic E-state index is 11.2. The second kappa shape index (κ2) is 3.41. The molecule has 1 amide bonds. The molecule has 1 fully saturated rings. The molecule has 0 saturated heterocycles. The van der Waals surface area contributed by atoms with Crippen molar-refractivity contribution in [2.45, 2.75) is 37.8 Å². The minimum Gasteiger partial charge on any atom is -0.394 e. The van der Waals surface area contributed by atoms with Crippen molar-refractivity contribution in [2.75, 3.05) is 6.61 Å². The lowest BCUT2D eigenvalue weighted by molar-refractivity contribution is -0.125. The van der Waals surface area contributed by atoms with Crippen LogP contribution in [0.1, 0.15) is 26.2 Å². The van der Waals surface area contributed by atoms with Crippen molar-refractivity contribution in [3.8, 4) is 0 Å². The molecule has 0 radical (unpaired) electrons. The van der Waals surface area contributed by atoms with Gasteiger partial charge in [-0.2, -0.15) is 0 Å². The van der Waals surface area contributed by atoms with E-state index in [2.05, 4.69) is 5.32 Å². The minimum absolute atomic E-state index is 0.0193. The molecule has 70 valence electrons. The van der Waals surface area contributed by atoms with Gasteiger partial charge in [0.2, 0.25) is 5.91 Å². The summed E-state index contributed by atoms with van der Waals surface area (Å²) < 4.78 is 0. The summed E-state index contributed by atoms with van der Waals surface area (Å²) in [7, 11) is 0. The van der Waals surface area contributed by atoms with Crippen molar-refractivity contribution in [1.82, 2.24) is 5.32 Å². The van der Waals surface area contributed by atoms with Gasteiger partial charge in [0, 0.05) is 0 Å². The molecule has 0 aromatic carbocycles. The molecule has 4 nitrogen and oxygen atoms in total. The Kier molecular flexibility index (Phi) is 2.69. The number of carbonyl (C=O) groups is 1. The van der Waals surface area contributed by atoms with E-state index in [1.807, 2.05) is 0 Å². The molecule has 0 aliphatic heterocycles. The van der Waals surface area contributed by atoms with E-state index in [-0.39, 0.29) is 18.1 Å². The largest absolute Gasteiger partial charge is 0.394 e. The van der Waals surface area contributed by atoms with Crippen LogP contribution in [0.25, 0.3) is 0 Å². The van der Waals surface area contributed by atoms with E-state index in [4.69, 9.17) is 10.8 Å². The van der Waals surface area contributed by atoms with Gasteiger partial charge in [0.15, 0.2) is 0 Å². The number of carbonyl (C=O) groups excluding carboxylic acids is 1. The molecule has 0 aromatic heterocycles. The highest BCUT2D eigenvalue weighted by molar-refractivity contribution is 5.81. The van der Waals surface area contributed by atoms with Gasteiger partial charge >= 0.3 is 0 Å². The van der Waals surface area contributed by atoms with Gasteiger partial charge in [0.25, 0.3) is 0 Å². The first-order valence-electron chi connectivity index (χ1n) is 4.28. The van der Waals surface area contributed by atoms with E-state index in [1.165, 1.54) is 0 Å². The average Bonchev–Trinajstić information content (AvgIpc) is 1.96. The van der Waals surface area contributed by atoms with E-state index >= 15 is 0 Å². The van der Waals surface area contributed by atoms with Crippen molar-refractivity contribution in [3.05, 3.63) is 0 Å². The molecule has 1 saturated carbocycles. The predicted octanol–water partition coefficient (Wildman–Crippen LogP) is -0.635. The molecule has 4 N–H and O–H groups in total. The number of hydrogen-bond acceptors (Lipinski definition) is 3. The van der Waals surface area contributed by atoms with Gasteiger partial charge in [-0.25, -0.2) is 0 Å². The normalized spacial score (nSPS) is 22.6. The van der Waals surface area contributed by atoms with Crippen LogP contribution in [-0.4, -0.2) is 29.2 Å². The van der Waals surface area contributed by atoms with Crippen LogP contribution in [-0.2, 0) is 4.79 Å². The average molecular weight is 172 g/mol. The first-order chi connectivity index (χ1) is 5.59. The smallest absolute Gasteiger partial charge is 0.237 e. The molecule has 1 atom stereocenters. The third kappa shape index (κ3) is 1.76. The van der Waals surface area contributed by atoms with E-state index in [1.54, 1.807) is 6.92 Å². The van der Waals surface area contributed by atoms with Crippen LogP contribution in [0.15, 0.2) is 0 Å². The molecule has 0 heterocycles. The highest BCUT2D eigenvalue weighted by Crippen LogP contribution is 2.30. The molecule has 1 rings (SSSR count). The summed E-state index contributed by atoms with van der Waals surface area (Å²) in [5, 5.41) is 11.8. The first-order valence-corrected chi connectivity index (χ1v) is 4.28. The second-order valence-corrected chi connectivity index (χ2v) is 3.57. The van der Waals surface area contributed by atoms with E-state index < -0.39 is 6.04 Å². The number of amides is 1. The number of hydrogen-bond donors (Lipinski definition) is 3. The SMILES string of the molecule is CC(N)C(=O)NC1(CO)CCC1. The van der Waals surface area contributed by atoms with Crippen molar-refractivity contribution in [2.24, 2.45) is 5.73 Å². The fraction of sp³-hybridized carbons (Fsp3) is 0.875. The van der Waals surface area contributed by atoms with Crippen LogP contribution in [0, 0.1) is 0 Å². The molecule has 1 unspecified atom stereocenters. The van der Waals surface area contributed by atoms with Gasteiger partial charge < -0.3 is 16.2 Å². The lowest BCUT2D eigenvalue weighted by atomic mass is 9.77. The first kappa shape index (κ1) is 9.48. The summed E-state index contributed by atoms with van der Waals surface area (Å²) >= 11 is 0. The summed E-state index contributed by atoms with van der Waals surface area (Å²) in [6.45, 7) is 1.66. The molecular weight excluding hydrogens is 156 g/mol. The molecule has 0 aromatic rings. The summed E-state index contributed by atoms with van der Waals surface area (Å²) in [6.07, 6.45) is 2.80. The molecule has 0 spiro atoms. The number of nitrogens with one attached hydrogen (secondary N) is 1. The topological polar surface area (TPSA) is 75.4 Å². The van der Waals surface area contributed by atoms with Crippen molar-refractivity contribution < 1.29 is 9.90 Å². The Morgan fingerprint density at radius 3 is 2.58 bits per heavy atom. The molecule has 12 heavy (non-hydrogen) atoms. The van der Waals surface area contributed by atoms with Gasteiger partial charge in [-0.3, -0.25) is 4.79 Å². The predicted molar refractivity (Wildman–Crippen MR) is 45.5 cm³/mol. The highest BCUT2D eigenvalue weighted by atomic mass is 16.3. The maximum atomic E-state index is 11.2. The zero-order valence-corrected chi connectivity index (χ0v) is 7.34. The second-order valence-electron chi connectivity index (χ2n) is 3.57. The molecule has 4 heteroatoms. The third-order valence-corrected chi connectivity index (χ3v) is 2.42. The van der Waals surface area contributed by atoms with Crippen LogP contribution in [0.2, 0.25) is 0 Å². The number of aliphatic hydroxyl groups is 1. The third-order valence-electron chi connectivity index (χ3n) is 2.42. The van der Waals surface area contributed by atoms with Gasteiger partial charge in [-0.1, -0.05) is 0 Å². The van der Waals surface area contributed by atoms with Crippen molar-refractivity contribution in [1.29, 1.82) is 0 Å². The van der Waals surface area contributed by atoms with Crippen LogP contribution >= 0.6 is 0 Å². The summed E-state index contributed by atoms with van der Waals surface area (Å²) in [4.78, 5) is 11.2. The monoisotopic (exact) mass is 172 g/mol. The highest BCUT2D eigenvalue weighted by Gasteiger charge is 2.37. The van der Waals surface area contributed by atoms with Crippen molar-refractivity contribution >= 4 is 5.91 Å². The zero-order valence-electron chi connectivity index (χ0n) is 7.34. The summed E-state index contributed by atoms with van der Waals surface area (Å²) in [5.74, 6) is -0.177. The lowest BCUT2D eigenvalue weighted by Gasteiger charge is -2.41. The van der Waals surface area contributed by atoms with Crippen LogP contribution in [0.5, 0.6) is 0 Å². The Morgan fingerprint density at radius 2 is 2.33 bits per heavy atom. The van der Waals surface area contributed by atoms with Gasteiger partial charge in [-0.05, 0) is 26.2 Å². The Balaban J connectivity index is 2.43. The van der Waals surface area contributed by atoms with Gasteiger partial charge in [-0.15, -0.1) is 0 Å². The Labute approximate surface area is 72.1 Å². The Morgan fingerprint density at radius 1 is 1.75 bits per heavy atom. The molecular formula is C8H16N2O2. The zero-order chi connectivity index (χ0) is 9.19. The molecule has 1 aliphatic carbocycles. The Hall–Kier alpha value is -0.610. The lowest BCUT2D eigenvalue weighted by Crippen LogP contribution is -2.59. The standard InChI is InChI=1S/C8H16N2O2/c1-6(9)7(12)10-8(5-11)3-2-4-8/h6,11H,2-5,9H2,1H3,(H,10,12). The maximum Gasteiger partial charge on any atom is 0.237 e. The van der Waals surface area contributed by atoms with Crippen LogP contribution in [0.3, 0.4) is 0 Å². The van der Waals surface area contributed by atoms with Crippen LogP contribution in [0.4, 0.5) is 0 Å². The number of rotatable bonds is 3. The Bertz CT molecular complexity index is 170. The fourth-order valence-electron chi connectivity index (χ4n) is 1.30. The fourth-order valence-corrected chi connectivity index (χ4v) is 1.30. The summed E-state index contributed by atoms with van der Waals surface area (Å²) in [5.41, 5.74) is 5.03. The van der Waals surface area contributed by atoms with Gasteiger partial charge in [0.05, 0.1) is 18.2 Å². The van der Waals surface area contributed by atoms with E-state index in [9.17, 15) is 4.79 Å². The molecule has 1 aliphatic rings. The quantitative estimate of drug-likeness (QED) is 0.530. The van der Waals surface area contributed by atoms with Crippen LogP contribution < -0.4 is 11.1 Å². The minimum atomic E-state index is -0.492. The van der Waals surface area contributed by atoms with E-state index in [0.29, 0.717) is 0 Å².